The number of hydrogen-bond acceptors (Lipinski definition) is 5. The minimum absolute atomic E-state index is 0.0563. The first kappa shape index (κ1) is 21.8. The summed E-state index contributed by atoms with van der Waals surface area (Å²) >= 11 is 0. The Hall–Kier alpha value is -2.42. The Bertz CT molecular complexity index is 1060. The van der Waals surface area contributed by atoms with E-state index in [1.54, 1.807) is 23.1 Å². The molecule has 1 saturated heterocycles. The molecule has 166 valence electrons. The van der Waals surface area contributed by atoms with E-state index in [0.29, 0.717) is 24.6 Å². The predicted molar refractivity (Wildman–Crippen MR) is 123 cm³/mol. The van der Waals surface area contributed by atoms with Gasteiger partial charge in [0.1, 0.15) is 0 Å². The lowest BCUT2D eigenvalue weighted by Gasteiger charge is -2.38. The van der Waals surface area contributed by atoms with Crippen LogP contribution in [0.2, 0.25) is 0 Å². The molecule has 8 heteroatoms. The van der Waals surface area contributed by atoms with Gasteiger partial charge in [0.2, 0.25) is 10.0 Å². The average molecular weight is 443 g/mol. The van der Waals surface area contributed by atoms with Gasteiger partial charge in [0.25, 0.3) is 5.91 Å². The van der Waals surface area contributed by atoms with Crippen molar-refractivity contribution in [3.8, 4) is 0 Å². The highest BCUT2D eigenvalue weighted by atomic mass is 32.2. The van der Waals surface area contributed by atoms with Crippen LogP contribution in [0.15, 0.2) is 47.4 Å². The molecule has 2 heterocycles. The van der Waals surface area contributed by atoms with Crippen LogP contribution in [0.1, 0.15) is 29.8 Å². The van der Waals surface area contributed by atoms with Crippen LogP contribution in [0.25, 0.3) is 0 Å². The molecule has 0 unspecified atom stereocenters. The molecule has 0 aromatic heterocycles. The van der Waals surface area contributed by atoms with Crippen molar-refractivity contribution in [3.05, 3.63) is 53.6 Å². The maximum atomic E-state index is 13.1. The summed E-state index contributed by atoms with van der Waals surface area (Å²) in [5.41, 5.74) is 3.45. The zero-order valence-corrected chi connectivity index (χ0v) is 19.2. The van der Waals surface area contributed by atoms with E-state index in [-0.39, 0.29) is 10.8 Å². The second kappa shape index (κ2) is 8.61. The van der Waals surface area contributed by atoms with E-state index in [0.717, 1.165) is 43.1 Å². The first-order valence-electron chi connectivity index (χ1n) is 10.8. The van der Waals surface area contributed by atoms with E-state index in [9.17, 15) is 13.2 Å². The van der Waals surface area contributed by atoms with Crippen molar-refractivity contribution in [1.29, 1.82) is 0 Å². The van der Waals surface area contributed by atoms with Crippen molar-refractivity contribution >= 4 is 27.3 Å². The molecule has 31 heavy (non-hydrogen) atoms. The molecular weight excluding hydrogens is 412 g/mol. The normalized spacial score (nSPS) is 17.3. The molecule has 2 aliphatic rings. The minimum Gasteiger partial charge on any atom is -0.369 e. The number of piperazine rings is 1. The maximum Gasteiger partial charge on any atom is 0.258 e. The van der Waals surface area contributed by atoms with Gasteiger partial charge in [-0.15, -0.1) is 0 Å². The van der Waals surface area contributed by atoms with E-state index in [4.69, 9.17) is 0 Å². The number of benzene rings is 2. The van der Waals surface area contributed by atoms with Crippen molar-refractivity contribution in [1.82, 2.24) is 9.62 Å². The molecule has 0 spiro atoms. The third kappa shape index (κ3) is 4.33. The fraction of sp³-hybridized carbons (Fsp3) is 0.435. The Labute approximate surface area is 184 Å². The Morgan fingerprint density at radius 1 is 0.968 bits per heavy atom. The van der Waals surface area contributed by atoms with Crippen LogP contribution in [-0.2, 0) is 16.4 Å². The lowest BCUT2D eigenvalue weighted by Crippen LogP contribution is -2.48. The van der Waals surface area contributed by atoms with E-state index < -0.39 is 10.0 Å². The van der Waals surface area contributed by atoms with Crippen molar-refractivity contribution in [3.63, 3.8) is 0 Å². The van der Waals surface area contributed by atoms with Gasteiger partial charge in [0.05, 0.1) is 4.90 Å². The molecular formula is C23H30N4O3S. The van der Waals surface area contributed by atoms with Crippen molar-refractivity contribution in [2.24, 2.45) is 0 Å². The number of carbonyl (C=O) groups is 1. The third-order valence-corrected chi connectivity index (χ3v) is 7.71. The minimum atomic E-state index is -3.49. The molecule has 0 bridgehead atoms. The van der Waals surface area contributed by atoms with Crippen molar-refractivity contribution in [2.45, 2.75) is 31.2 Å². The molecule has 1 amide bonds. The van der Waals surface area contributed by atoms with Crippen LogP contribution in [0.4, 0.5) is 11.4 Å². The summed E-state index contributed by atoms with van der Waals surface area (Å²) in [6.45, 7) is 9.09. The SMILES string of the molecule is CNS(=O)(=O)c1ccc2c(c1)CCN2C(=O)c1ccc(N2CCN(C(C)C)CC2)cc1. The number of rotatable bonds is 5. The van der Waals surface area contributed by atoms with Gasteiger partial charge in [-0.1, -0.05) is 0 Å². The molecule has 7 nitrogen and oxygen atoms in total. The van der Waals surface area contributed by atoms with E-state index in [1.165, 1.54) is 7.05 Å². The fourth-order valence-electron chi connectivity index (χ4n) is 4.34. The summed E-state index contributed by atoms with van der Waals surface area (Å²) in [4.78, 5) is 19.9. The summed E-state index contributed by atoms with van der Waals surface area (Å²) in [7, 11) is -2.10. The number of fused-ring (bicyclic) bond motifs is 1. The van der Waals surface area contributed by atoms with Crippen LogP contribution in [0.3, 0.4) is 0 Å². The lowest BCUT2D eigenvalue weighted by molar-refractivity contribution is 0.0989. The second-order valence-corrected chi connectivity index (χ2v) is 10.3. The van der Waals surface area contributed by atoms with Crippen LogP contribution >= 0.6 is 0 Å². The van der Waals surface area contributed by atoms with Gasteiger partial charge in [-0.05, 0) is 75.3 Å². The number of nitrogens with one attached hydrogen (secondary N) is 1. The largest absolute Gasteiger partial charge is 0.369 e. The van der Waals surface area contributed by atoms with Gasteiger partial charge in [-0.25, -0.2) is 13.1 Å². The summed E-state index contributed by atoms with van der Waals surface area (Å²) in [6, 6.07) is 13.3. The molecule has 2 aromatic rings. The van der Waals surface area contributed by atoms with E-state index in [2.05, 4.69) is 28.4 Å². The highest BCUT2D eigenvalue weighted by molar-refractivity contribution is 7.89. The first-order valence-corrected chi connectivity index (χ1v) is 12.3. The highest BCUT2D eigenvalue weighted by Crippen LogP contribution is 2.31. The zero-order valence-electron chi connectivity index (χ0n) is 18.3. The molecule has 2 aliphatic heterocycles. The topological polar surface area (TPSA) is 73.0 Å². The standard InChI is InChI=1S/C23H30N4O3S/c1-17(2)25-12-14-26(15-13-25)20-6-4-18(5-7-20)23(28)27-11-10-19-16-21(8-9-22(19)27)31(29,30)24-3/h4-9,16-17,24H,10-15H2,1-3H3. The lowest BCUT2D eigenvalue weighted by atomic mass is 10.1. The van der Waals surface area contributed by atoms with Gasteiger partial charge in [-0.3, -0.25) is 9.69 Å². The molecule has 4 rings (SSSR count). The average Bonchev–Trinajstić information content (AvgIpc) is 3.22. The second-order valence-electron chi connectivity index (χ2n) is 8.37. The molecule has 0 aliphatic carbocycles. The third-order valence-electron chi connectivity index (χ3n) is 6.29. The number of amides is 1. The Balaban J connectivity index is 1.47. The highest BCUT2D eigenvalue weighted by Gasteiger charge is 2.27. The van der Waals surface area contributed by atoms with Crippen LogP contribution in [-0.4, -0.2) is 65.0 Å². The van der Waals surface area contributed by atoms with Gasteiger partial charge in [0, 0.05) is 55.7 Å². The van der Waals surface area contributed by atoms with Crippen LogP contribution in [0.5, 0.6) is 0 Å². The Morgan fingerprint density at radius 2 is 1.65 bits per heavy atom. The zero-order chi connectivity index (χ0) is 22.2. The van der Waals surface area contributed by atoms with Gasteiger partial charge < -0.3 is 9.80 Å². The molecule has 0 saturated carbocycles. The Kier molecular flexibility index (Phi) is 6.05. The maximum absolute atomic E-state index is 13.1. The molecule has 0 radical (unpaired) electrons. The van der Waals surface area contributed by atoms with Crippen LogP contribution in [0, 0.1) is 0 Å². The summed E-state index contributed by atoms with van der Waals surface area (Å²) in [5, 5.41) is 0. The number of nitrogens with zero attached hydrogens (tertiary/aromatic N) is 3. The first-order chi connectivity index (χ1) is 14.8. The number of carbonyl (C=O) groups excluding carboxylic acids is 1. The fourth-order valence-corrected chi connectivity index (χ4v) is 5.12. The van der Waals surface area contributed by atoms with E-state index >= 15 is 0 Å². The van der Waals surface area contributed by atoms with Gasteiger partial charge in [0.15, 0.2) is 0 Å². The predicted octanol–water partition coefficient (Wildman–Crippen LogP) is 2.33. The van der Waals surface area contributed by atoms with Gasteiger partial charge >= 0.3 is 0 Å². The van der Waals surface area contributed by atoms with E-state index in [1.807, 2.05) is 24.3 Å². The van der Waals surface area contributed by atoms with Crippen LogP contribution < -0.4 is 14.5 Å². The smallest absolute Gasteiger partial charge is 0.258 e. The van der Waals surface area contributed by atoms with Crippen molar-refractivity contribution in [2.75, 3.05) is 49.6 Å². The Morgan fingerprint density at radius 3 is 2.26 bits per heavy atom. The summed E-state index contributed by atoms with van der Waals surface area (Å²) in [6.07, 6.45) is 0.645. The summed E-state index contributed by atoms with van der Waals surface area (Å²) in [5.74, 6) is -0.0563. The quantitative estimate of drug-likeness (QED) is 0.770. The van der Waals surface area contributed by atoms with Crippen molar-refractivity contribution < 1.29 is 13.2 Å². The number of sulfonamides is 1. The number of hydrogen-bond donors (Lipinski definition) is 1. The molecule has 1 N–H and O–H groups in total. The molecule has 0 atom stereocenters. The number of anilines is 2. The molecule has 1 fully saturated rings. The monoisotopic (exact) mass is 442 g/mol. The summed E-state index contributed by atoms with van der Waals surface area (Å²) < 4.78 is 26.4. The molecule has 2 aromatic carbocycles. The van der Waals surface area contributed by atoms with Gasteiger partial charge in [-0.2, -0.15) is 0 Å².